The Kier molecular flexibility index (Phi) is 7.88. The second-order valence-electron chi connectivity index (χ2n) is 4.53. The van der Waals surface area contributed by atoms with Gasteiger partial charge in [-0.3, -0.25) is 4.79 Å². The van der Waals surface area contributed by atoms with E-state index >= 15 is 0 Å². The van der Waals surface area contributed by atoms with Crippen LogP contribution in [0.2, 0.25) is 5.02 Å². The van der Waals surface area contributed by atoms with Gasteiger partial charge in [0.1, 0.15) is 17.3 Å². The summed E-state index contributed by atoms with van der Waals surface area (Å²) < 4.78 is 23.0. The lowest BCUT2D eigenvalue weighted by atomic mass is 10.0. The van der Waals surface area contributed by atoms with Gasteiger partial charge < -0.3 is 14.6 Å². The first-order chi connectivity index (χ1) is 11.9. The fraction of sp³-hybridized carbons (Fsp3) is 0.222. The highest BCUT2D eigenvalue weighted by Crippen LogP contribution is 2.27. The molecule has 1 N–H and O–H groups in total. The van der Waals surface area contributed by atoms with Crippen molar-refractivity contribution in [2.75, 3.05) is 13.7 Å². The summed E-state index contributed by atoms with van der Waals surface area (Å²) in [5.74, 6) is -2.28. The molecule has 0 fully saturated rings. The monoisotopic (exact) mass is 368 g/mol. The highest BCUT2D eigenvalue weighted by atomic mass is 35.5. The van der Waals surface area contributed by atoms with Crippen LogP contribution in [0.4, 0.5) is 4.39 Å². The third kappa shape index (κ3) is 5.76. The van der Waals surface area contributed by atoms with Gasteiger partial charge in [0.2, 0.25) is 0 Å². The SMILES string of the molecule is CC.COC(=O)COc1ccc(Cl)cc1C(=O)c1cc(O)cc(F)c1. The molecule has 0 spiro atoms. The predicted octanol–water partition coefficient (Wildman–Crippen LogP) is 3.99. The Labute approximate surface area is 149 Å². The lowest BCUT2D eigenvalue weighted by Gasteiger charge is -2.11. The number of esters is 1. The highest BCUT2D eigenvalue weighted by Gasteiger charge is 2.18. The number of phenols is 1. The molecule has 0 unspecified atom stereocenters. The lowest BCUT2D eigenvalue weighted by molar-refractivity contribution is -0.142. The first-order valence-corrected chi connectivity index (χ1v) is 7.82. The molecule has 0 heterocycles. The van der Waals surface area contributed by atoms with E-state index in [2.05, 4.69) is 4.74 Å². The molecule has 25 heavy (non-hydrogen) atoms. The van der Waals surface area contributed by atoms with Crippen molar-refractivity contribution < 1.29 is 28.6 Å². The number of aromatic hydroxyl groups is 1. The first kappa shape index (κ1) is 20.4. The van der Waals surface area contributed by atoms with E-state index in [1.807, 2.05) is 13.8 Å². The van der Waals surface area contributed by atoms with Gasteiger partial charge in [-0.15, -0.1) is 0 Å². The molecule has 0 radical (unpaired) electrons. The van der Waals surface area contributed by atoms with E-state index in [0.29, 0.717) is 0 Å². The zero-order valence-electron chi connectivity index (χ0n) is 14.0. The number of rotatable bonds is 5. The van der Waals surface area contributed by atoms with Crippen LogP contribution >= 0.6 is 11.6 Å². The quantitative estimate of drug-likeness (QED) is 0.638. The van der Waals surface area contributed by atoms with E-state index in [1.54, 1.807) is 0 Å². The van der Waals surface area contributed by atoms with Crippen molar-refractivity contribution in [3.8, 4) is 11.5 Å². The predicted molar refractivity (Wildman–Crippen MR) is 91.8 cm³/mol. The molecule has 7 heteroatoms. The molecule has 0 amide bonds. The van der Waals surface area contributed by atoms with E-state index in [0.717, 1.165) is 18.2 Å². The van der Waals surface area contributed by atoms with E-state index in [4.69, 9.17) is 16.3 Å². The largest absolute Gasteiger partial charge is 0.508 e. The van der Waals surface area contributed by atoms with Gasteiger partial charge in [-0.1, -0.05) is 25.4 Å². The van der Waals surface area contributed by atoms with Crippen LogP contribution < -0.4 is 4.74 Å². The van der Waals surface area contributed by atoms with Gasteiger partial charge in [0.15, 0.2) is 12.4 Å². The summed E-state index contributed by atoms with van der Waals surface area (Å²) in [6.45, 7) is 3.60. The van der Waals surface area contributed by atoms with E-state index in [-0.39, 0.29) is 27.6 Å². The van der Waals surface area contributed by atoms with Crippen LogP contribution in [0.15, 0.2) is 36.4 Å². The summed E-state index contributed by atoms with van der Waals surface area (Å²) in [5, 5.41) is 9.67. The average Bonchev–Trinajstić information content (AvgIpc) is 2.60. The van der Waals surface area contributed by atoms with E-state index in [1.165, 1.54) is 25.3 Å². The van der Waals surface area contributed by atoms with Crippen LogP contribution in [0.25, 0.3) is 0 Å². The minimum absolute atomic E-state index is 0.0337. The zero-order chi connectivity index (χ0) is 19.0. The van der Waals surface area contributed by atoms with Crippen molar-refractivity contribution >= 4 is 23.4 Å². The van der Waals surface area contributed by atoms with Gasteiger partial charge in [0.25, 0.3) is 0 Å². The van der Waals surface area contributed by atoms with Crippen molar-refractivity contribution in [3.63, 3.8) is 0 Å². The molecular weight excluding hydrogens is 351 g/mol. The molecular formula is C18H18ClFO5. The van der Waals surface area contributed by atoms with E-state index in [9.17, 15) is 19.1 Å². The van der Waals surface area contributed by atoms with Crippen LogP contribution in [-0.4, -0.2) is 30.6 Å². The fourth-order valence-electron chi connectivity index (χ4n) is 1.86. The molecule has 0 saturated carbocycles. The van der Waals surface area contributed by atoms with Crippen LogP contribution in [0.1, 0.15) is 29.8 Å². The minimum atomic E-state index is -0.757. The average molecular weight is 369 g/mol. The molecule has 0 aliphatic carbocycles. The number of carbonyl (C=O) groups is 2. The molecule has 5 nitrogen and oxygen atoms in total. The van der Waals surface area contributed by atoms with Gasteiger partial charge in [0.05, 0.1) is 12.7 Å². The summed E-state index contributed by atoms with van der Waals surface area (Å²) >= 11 is 5.88. The summed E-state index contributed by atoms with van der Waals surface area (Å²) in [6, 6.07) is 7.21. The molecule has 2 aromatic rings. The third-order valence-electron chi connectivity index (χ3n) is 2.90. The van der Waals surface area contributed by atoms with Gasteiger partial charge in [-0.25, -0.2) is 9.18 Å². The van der Waals surface area contributed by atoms with Crippen molar-refractivity contribution in [2.24, 2.45) is 0 Å². The van der Waals surface area contributed by atoms with Crippen molar-refractivity contribution in [2.45, 2.75) is 13.8 Å². The Morgan fingerprint density at radius 3 is 2.44 bits per heavy atom. The van der Waals surface area contributed by atoms with Crippen LogP contribution in [0.5, 0.6) is 11.5 Å². The molecule has 0 aliphatic heterocycles. The zero-order valence-corrected chi connectivity index (χ0v) is 14.8. The Morgan fingerprint density at radius 2 is 1.84 bits per heavy atom. The summed E-state index contributed by atoms with van der Waals surface area (Å²) in [6.07, 6.45) is 0. The van der Waals surface area contributed by atoms with Crippen molar-refractivity contribution in [3.05, 3.63) is 58.4 Å². The normalized spacial score (nSPS) is 9.64. The molecule has 0 saturated heterocycles. The fourth-order valence-corrected chi connectivity index (χ4v) is 2.03. The van der Waals surface area contributed by atoms with Gasteiger partial charge >= 0.3 is 5.97 Å². The molecule has 0 atom stereocenters. The number of hydrogen-bond donors (Lipinski definition) is 1. The number of methoxy groups -OCH3 is 1. The minimum Gasteiger partial charge on any atom is -0.508 e. The Balaban J connectivity index is 0.00000151. The number of ketones is 1. The topological polar surface area (TPSA) is 72.8 Å². The number of carbonyl (C=O) groups excluding carboxylic acids is 2. The van der Waals surface area contributed by atoms with Crippen molar-refractivity contribution in [1.82, 2.24) is 0 Å². The first-order valence-electron chi connectivity index (χ1n) is 7.44. The number of halogens is 2. The van der Waals surface area contributed by atoms with Crippen LogP contribution in [-0.2, 0) is 9.53 Å². The Bertz CT molecular complexity index is 741. The molecule has 2 aromatic carbocycles. The number of hydrogen-bond acceptors (Lipinski definition) is 5. The molecule has 0 aromatic heterocycles. The van der Waals surface area contributed by atoms with Gasteiger partial charge in [-0.2, -0.15) is 0 Å². The van der Waals surface area contributed by atoms with Crippen LogP contribution in [0, 0.1) is 5.82 Å². The molecule has 0 bridgehead atoms. The molecule has 134 valence electrons. The maximum absolute atomic E-state index is 13.4. The van der Waals surface area contributed by atoms with Gasteiger partial charge in [-0.05, 0) is 30.3 Å². The molecule has 0 aliphatic rings. The second kappa shape index (κ2) is 9.64. The number of ether oxygens (including phenoxy) is 2. The maximum Gasteiger partial charge on any atom is 0.343 e. The van der Waals surface area contributed by atoms with Gasteiger partial charge in [0, 0.05) is 16.7 Å². The Hall–Kier alpha value is -2.60. The molecule has 2 rings (SSSR count). The maximum atomic E-state index is 13.4. The summed E-state index contributed by atoms with van der Waals surface area (Å²) in [4.78, 5) is 23.7. The lowest BCUT2D eigenvalue weighted by Crippen LogP contribution is -2.14. The smallest absolute Gasteiger partial charge is 0.343 e. The number of benzene rings is 2. The summed E-state index contributed by atoms with van der Waals surface area (Å²) in [7, 11) is 1.20. The number of phenolic OH excluding ortho intramolecular Hbond substituents is 1. The van der Waals surface area contributed by atoms with Crippen molar-refractivity contribution in [1.29, 1.82) is 0 Å². The highest BCUT2D eigenvalue weighted by molar-refractivity contribution is 6.31. The van der Waals surface area contributed by atoms with Crippen LogP contribution in [0.3, 0.4) is 0 Å². The Morgan fingerprint density at radius 1 is 1.16 bits per heavy atom. The third-order valence-corrected chi connectivity index (χ3v) is 3.14. The summed E-state index contributed by atoms with van der Waals surface area (Å²) in [5.41, 5.74) is -0.0425. The second-order valence-corrected chi connectivity index (χ2v) is 4.97. The standard InChI is InChI=1S/C16H12ClFO5.C2H6/c1-22-15(20)8-23-14-3-2-10(17)6-13(14)16(21)9-4-11(18)7-12(19)5-9;1-2/h2-7,19H,8H2,1H3;1-2H3. The van der Waals surface area contributed by atoms with E-state index < -0.39 is 24.2 Å².